The Morgan fingerprint density at radius 3 is 2.82 bits per heavy atom. The van der Waals surface area contributed by atoms with Gasteiger partial charge in [-0.15, -0.1) is 0 Å². The van der Waals surface area contributed by atoms with Crippen LogP contribution in [-0.4, -0.2) is 41.1 Å². The molecule has 1 aliphatic heterocycles. The third-order valence-corrected chi connectivity index (χ3v) is 6.41. The topological polar surface area (TPSA) is 58.2 Å². The number of nitrogens with one attached hydrogen (secondary N) is 1. The Labute approximate surface area is 167 Å². The summed E-state index contributed by atoms with van der Waals surface area (Å²) in [6.07, 6.45) is 10.5. The Kier molecular flexibility index (Phi) is 6.10. The first-order valence-electron chi connectivity index (χ1n) is 10.7. The second kappa shape index (κ2) is 8.91. The van der Waals surface area contributed by atoms with E-state index in [0.29, 0.717) is 17.2 Å². The Balaban J connectivity index is 1.43. The molecule has 2 aromatic rings. The molecular weight excluding hydrogens is 350 g/mol. The largest absolute Gasteiger partial charge is 0.496 e. The van der Waals surface area contributed by atoms with Gasteiger partial charge in [0.15, 0.2) is 5.78 Å². The quantitative estimate of drug-likeness (QED) is 0.745. The van der Waals surface area contributed by atoms with E-state index in [4.69, 9.17) is 4.74 Å². The number of ketones is 1. The number of carbonyl (C=O) groups is 1. The van der Waals surface area contributed by atoms with Crippen LogP contribution in [0.5, 0.6) is 5.75 Å². The minimum atomic E-state index is 0.0371. The Morgan fingerprint density at radius 1 is 1.18 bits per heavy atom. The molecule has 0 amide bonds. The number of carbonyl (C=O) groups excluding carboxylic acids is 1. The number of ether oxygens (including phenoxy) is 1. The molecule has 5 heteroatoms. The molecular formula is C23H31N3O2. The number of hydrogen-bond donors (Lipinski definition) is 1. The normalized spacial score (nSPS) is 21.5. The zero-order chi connectivity index (χ0) is 19.3. The monoisotopic (exact) mass is 381 g/mol. The van der Waals surface area contributed by atoms with E-state index in [1.165, 1.54) is 43.4 Å². The molecule has 0 bridgehead atoms. The number of aromatic amines is 1. The second-order valence-corrected chi connectivity index (χ2v) is 8.28. The summed E-state index contributed by atoms with van der Waals surface area (Å²) < 4.78 is 5.41. The maximum Gasteiger partial charge on any atom is 0.170 e. The van der Waals surface area contributed by atoms with Gasteiger partial charge in [0.1, 0.15) is 5.75 Å². The van der Waals surface area contributed by atoms with Crippen LogP contribution in [0.1, 0.15) is 72.5 Å². The fourth-order valence-corrected chi connectivity index (χ4v) is 4.91. The molecule has 4 rings (SSSR count). The van der Waals surface area contributed by atoms with E-state index in [1.807, 2.05) is 30.5 Å². The molecule has 0 unspecified atom stereocenters. The summed E-state index contributed by atoms with van der Waals surface area (Å²) >= 11 is 0. The van der Waals surface area contributed by atoms with Crippen molar-refractivity contribution in [3.8, 4) is 5.75 Å². The highest BCUT2D eigenvalue weighted by molar-refractivity contribution is 6.00. The summed E-state index contributed by atoms with van der Waals surface area (Å²) in [6.45, 7) is 2.75. The highest BCUT2D eigenvalue weighted by atomic mass is 16.5. The van der Waals surface area contributed by atoms with E-state index < -0.39 is 0 Å². The average molecular weight is 382 g/mol. The smallest absolute Gasteiger partial charge is 0.170 e. The van der Waals surface area contributed by atoms with Gasteiger partial charge in [0.2, 0.25) is 0 Å². The van der Waals surface area contributed by atoms with Gasteiger partial charge in [-0.05, 0) is 44.4 Å². The predicted octanol–water partition coefficient (Wildman–Crippen LogP) is 4.56. The molecule has 1 saturated heterocycles. The third-order valence-electron chi connectivity index (χ3n) is 6.41. The van der Waals surface area contributed by atoms with Gasteiger partial charge in [0.25, 0.3) is 0 Å². The van der Waals surface area contributed by atoms with Gasteiger partial charge < -0.3 is 4.74 Å². The standard InChI is InChI=1S/C23H31N3O2/c1-28-21-12-6-5-11-20(21)23(27)18-10-7-13-26(15-18)16-19-14-24-25-22(19)17-8-3-2-4-9-17/h5-6,11-12,14,17-18H,2-4,7-10,13,15-16H2,1H3,(H,24,25)/t18-/m0/s1. The van der Waals surface area contributed by atoms with Crippen molar-refractivity contribution in [2.75, 3.05) is 20.2 Å². The molecule has 1 aromatic heterocycles. The van der Waals surface area contributed by atoms with E-state index in [-0.39, 0.29) is 11.7 Å². The van der Waals surface area contributed by atoms with E-state index in [9.17, 15) is 4.79 Å². The molecule has 1 saturated carbocycles. The number of aromatic nitrogens is 2. The van der Waals surface area contributed by atoms with Gasteiger partial charge in [-0.2, -0.15) is 5.10 Å². The van der Waals surface area contributed by atoms with Crippen LogP contribution in [0.3, 0.4) is 0 Å². The van der Waals surface area contributed by atoms with Crippen LogP contribution in [0.2, 0.25) is 0 Å². The molecule has 1 aromatic carbocycles. The summed E-state index contributed by atoms with van der Waals surface area (Å²) in [5, 5.41) is 7.63. The summed E-state index contributed by atoms with van der Waals surface area (Å²) in [5.41, 5.74) is 3.36. The minimum Gasteiger partial charge on any atom is -0.496 e. The van der Waals surface area contributed by atoms with Crippen LogP contribution < -0.4 is 4.74 Å². The first kappa shape index (κ1) is 19.2. The van der Waals surface area contributed by atoms with Gasteiger partial charge >= 0.3 is 0 Å². The van der Waals surface area contributed by atoms with Crippen molar-refractivity contribution in [2.24, 2.45) is 5.92 Å². The van der Waals surface area contributed by atoms with E-state index in [2.05, 4.69) is 15.1 Å². The van der Waals surface area contributed by atoms with Crippen LogP contribution in [0, 0.1) is 5.92 Å². The van der Waals surface area contributed by atoms with Crippen molar-refractivity contribution < 1.29 is 9.53 Å². The Morgan fingerprint density at radius 2 is 2.00 bits per heavy atom. The number of piperidine rings is 1. The molecule has 1 aliphatic carbocycles. The number of benzene rings is 1. The number of para-hydroxylation sites is 1. The third kappa shape index (κ3) is 4.14. The lowest BCUT2D eigenvalue weighted by molar-refractivity contribution is 0.0808. The number of H-pyrrole nitrogens is 1. The van der Waals surface area contributed by atoms with Gasteiger partial charge in [0, 0.05) is 36.2 Å². The number of likely N-dealkylation sites (tertiary alicyclic amines) is 1. The predicted molar refractivity (Wildman–Crippen MR) is 110 cm³/mol. The SMILES string of the molecule is COc1ccccc1C(=O)[C@H]1CCCN(Cc2cn[nH]c2C2CCCCC2)C1. The van der Waals surface area contributed by atoms with Gasteiger partial charge in [0.05, 0.1) is 18.9 Å². The van der Waals surface area contributed by atoms with Gasteiger partial charge in [-0.1, -0.05) is 31.4 Å². The molecule has 1 atom stereocenters. The molecule has 1 N–H and O–H groups in total. The zero-order valence-corrected chi connectivity index (χ0v) is 16.8. The first-order valence-corrected chi connectivity index (χ1v) is 10.7. The van der Waals surface area contributed by atoms with Crippen LogP contribution in [0.15, 0.2) is 30.5 Å². The van der Waals surface area contributed by atoms with Crippen molar-refractivity contribution in [2.45, 2.75) is 57.4 Å². The van der Waals surface area contributed by atoms with Crippen LogP contribution in [-0.2, 0) is 6.54 Å². The molecule has 2 fully saturated rings. The maximum atomic E-state index is 13.1. The molecule has 5 nitrogen and oxygen atoms in total. The number of nitrogens with zero attached hydrogens (tertiary/aromatic N) is 2. The van der Waals surface area contributed by atoms with E-state index in [0.717, 1.165) is 32.5 Å². The van der Waals surface area contributed by atoms with Crippen molar-refractivity contribution in [1.29, 1.82) is 0 Å². The lowest BCUT2D eigenvalue weighted by Gasteiger charge is -2.32. The van der Waals surface area contributed by atoms with Gasteiger partial charge in [-0.3, -0.25) is 14.8 Å². The minimum absolute atomic E-state index is 0.0371. The fraction of sp³-hybridized carbons (Fsp3) is 0.565. The van der Waals surface area contributed by atoms with E-state index >= 15 is 0 Å². The highest BCUT2D eigenvalue weighted by Gasteiger charge is 2.29. The zero-order valence-electron chi connectivity index (χ0n) is 16.8. The number of methoxy groups -OCH3 is 1. The number of hydrogen-bond acceptors (Lipinski definition) is 4. The molecule has 28 heavy (non-hydrogen) atoms. The Bertz CT molecular complexity index is 795. The van der Waals surface area contributed by atoms with Gasteiger partial charge in [-0.25, -0.2) is 0 Å². The summed E-state index contributed by atoms with van der Waals surface area (Å²) in [4.78, 5) is 15.5. The van der Waals surface area contributed by atoms with Crippen molar-refractivity contribution in [3.05, 3.63) is 47.3 Å². The lowest BCUT2D eigenvalue weighted by atomic mass is 9.85. The second-order valence-electron chi connectivity index (χ2n) is 8.28. The summed E-state index contributed by atoms with van der Waals surface area (Å²) in [6, 6.07) is 7.58. The molecule has 0 spiro atoms. The van der Waals surface area contributed by atoms with Crippen LogP contribution in [0.4, 0.5) is 0 Å². The average Bonchev–Trinajstić information content (AvgIpc) is 3.22. The highest BCUT2D eigenvalue weighted by Crippen LogP contribution is 2.34. The Hall–Kier alpha value is -2.14. The van der Waals surface area contributed by atoms with E-state index in [1.54, 1.807) is 7.11 Å². The van der Waals surface area contributed by atoms with Crippen LogP contribution in [0.25, 0.3) is 0 Å². The molecule has 0 radical (unpaired) electrons. The number of rotatable bonds is 6. The van der Waals surface area contributed by atoms with Crippen molar-refractivity contribution in [3.63, 3.8) is 0 Å². The van der Waals surface area contributed by atoms with Crippen molar-refractivity contribution in [1.82, 2.24) is 15.1 Å². The maximum absolute atomic E-state index is 13.1. The molecule has 2 heterocycles. The van der Waals surface area contributed by atoms with Crippen molar-refractivity contribution >= 4 is 5.78 Å². The fourth-order valence-electron chi connectivity index (χ4n) is 4.91. The number of Topliss-reactive ketones (excluding diaryl/α,β-unsaturated/α-hetero) is 1. The molecule has 150 valence electrons. The molecule has 2 aliphatic rings. The van der Waals surface area contributed by atoms with Crippen LogP contribution >= 0.6 is 0 Å². The lowest BCUT2D eigenvalue weighted by Crippen LogP contribution is -2.38. The summed E-state index contributed by atoms with van der Waals surface area (Å²) in [7, 11) is 1.63. The first-order chi connectivity index (χ1) is 13.8. The summed E-state index contributed by atoms with van der Waals surface area (Å²) in [5.74, 6) is 1.55.